The van der Waals surface area contributed by atoms with Gasteiger partial charge in [-0.25, -0.2) is 22.8 Å². The number of nitrogens with one attached hydrogen (secondary N) is 1. The number of benzene rings is 1. The van der Waals surface area contributed by atoms with E-state index in [2.05, 4.69) is 39.5 Å². The third kappa shape index (κ3) is 6.16. The highest BCUT2D eigenvalue weighted by Crippen LogP contribution is 2.35. The van der Waals surface area contributed by atoms with E-state index in [1.165, 1.54) is 19.2 Å². The fourth-order valence-corrected chi connectivity index (χ4v) is 5.29. The molecule has 0 aliphatic rings. The second-order valence-electron chi connectivity index (χ2n) is 9.70. The van der Waals surface area contributed by atoms with Crippen LogP contribution in [0.3, 0.4) is 0 Å². The lowest BCUT2D eigenvalue weighted by Gasteiger charge is -2.17. The Morgan fingerprint density at radius 1 is 1.05 bits per heavy atom. The summed E-state index contributed by atoms with van der Waals surface area (Å²) in [5, 5.41) is 8.66. The molecule has 1 N–H and O–H groups in total. The minimum Gasteiger partial charge on any atom is -0.494 e. The van der Waals surface area contributed by atoms with Crippen molar-refractivity contribution in [2.24, 2.45) is 0 Å². The summed E-state index contributed by atoms with van der Waals surface area (Å²) in [6.07, 6.45) is -0.483. The molecule has 0 amide bonds. The maximum absolute atomic E-state index is 13.3. The Kier molecular flexibility index (Phi) is 7.54. The van der Waals surface area contributed by atoms with E-state index in [9.17, 15) is 21.6 Å². The number of fused-ring (bicyclic) bond motifs is 1. The SMILES string of the molecule is COc1ccc2cnn(COCC[Si](C)(C)C)c2c1NS(=O)(=O)c1ccc(-n2cc(C(F)(F)F)cn2)nc1. The third-order valence-corrected chi connectivity index (χ3v) is 8.65. The summed E-state index contributed by atoms with van der Waals surface area (Å²) in [5.41, 5.74) is -0.303. The number of hydrogen-bond acceptors (Lipinski definition) is 7. The lowest BCUT2D eigenvalue weighted by molar-refractivity contribution is -0.137. The van der Waals surface area contributed by atoms with Crippen LogP contribution in [-0.4, -0.2) is 54.8 Å². The van der Waals surface area contributed by atoms with Crippen molar-refractivity contribution in [2.75, 3.05) is 18.4 Å². The van der Waals surface area contributed by atoms with Crippen molar-refractivity contribution in [3.8, 4) is 11.6 Å². The van der Waals surface area contributed by atoms with Crippen LogP contribution < -0.4 is 9.46 Å². The molecule has 4 rings (SSSR count). The van der Waals surface area contributed by atoms with Crippen LogP contribution in [0.2, 0.25) is 25.7 Å². The van der Waals surface area contributed by atoms with Crippen LogP contribution >= 0.6 is 0 Å². The van der Waals surface area contributed by atoms with Crippen LogP contribution in [0.25, 0.3) is 16.7 Å². The normalized spacial score (nSPS) is 12.7. The maximum atomic E-state index is 13.3. The number of sulfonamides is 1. The number of hydrogen-bond donors (Lipinski definition) is 1. The second-order valence-corrected chi connectivity index (χ2v) is 17.0. The Bertz CT molecular complexity index is 1530. The predicted octanol–water partition coefficient (Wildman–Crippen LogP) is 4.76. The van der Waals surface area contributed by atoms with Gasteiger partial charge in [0.25, 0.3) is 10.0 Å². The van der Waals surface area contributed by atoms with Crippen LogP contribution in [-0.2, 0) is 27.7 Å². The maximum Gasteiger partial charge on any atom is 0.419 e. The van der Waals surface area contributed by atoms with Crippen LogP contribution in [0.5, 0.6) is 5.75 Å². The number of rotatable bonds is 10. The van der Waals surface area contributed by atoms with E-state index in [1.54, 1.807) is 23.0 Å². The highest BCUT2D eigenvalue weighted by atomic mass is 32.2. The molecule has 0 radical (unpaired) electrons. The van der Waals surface area contributed by atoms with Gasteiger partial charge in [-0.3, -0.25) is 4.72 Å². The fraction of sp³-hybridized carbons (Fsp3) is 0.348. The topological polar surface area (TPSA) is 113 Å². The zero-order valence-corrected chi connectivity index (χ0v) is 23.0. The van der Waals surface area contributed by atoms with Crippen LogP contribution in [0.15, 0.2) is 53.9 Å². The quantitative estimate of drug-likeness (QED) is 0.217. The molecule has 0 saturated heterocycles. The molecule has 3 heterocycles. The molecule has 0 fully saturated rings. The number of ether oxygens (including phenoxy) is 2. The van der Waals surface area contributed by atoms with Crippen molar-refractivity contribution in [1.29, 1.82) is 0 Å². The summed E-state index contributed by atoms with van der Waals surface area (Å²) in [5.74, 6) is 0.290. The molecule has 0 unspecified atom stereocenters. The van der Waals surface area contributed by atoms with E-state index >= 15 is 0 Å². The molecule has 0 spiro atoms. The Labute approximate surface area is 218 Å². The summed E-state index contributed by atoms with van der Waals surface area (Å²) >= 11 is 0. The van der Waals surface area contributed by atoms with Gasteiger partial charge in [0.2, 0.25) is 0 Å². The number of anilines is 1. The summed E-state index contributed by atoms with van der Waals surface area (Å²) in [4.78, 5) is 3.78. The molecule has 3 aromatic heterocycles. The average Bonchev–Trinajstić information content (AvgIpc) is 3.49. The standard InChI is InChI=1S/C23H27F3N6O4SSi/c1-35-19-7-5-16-11-28-32(15-36-9-10-38(2,3)4)22(16)21(19)30-37(33,34)18-6-8-20(27-13-18)31-14-17(12-29-31)23(24,25)26/h5-8,11-14,30H,9-10,15H2,1-4H3. The van der Waals surface area contributed by atoms with Crippen LogP contribution in [0, 0.1) is 0 Å². The van der Waals surface area contributed by atoms with Gasteiger partial charge in [-0.15, -0.1) is 0 Å². The lowest BCUT2D eigenvalue weighted by atomic mass is 10.2. The van der Waals surface area contributed by atoms with Crippen molar-refractivity contribution in [2.45, 2.75) is 43.5 Å². The molecule has 204 valence electrons. The Balaban J connectivity index is 1.60. The smallest absolute Gasteiger partial charge is 0.419 e. The monoisotopic (exact) mass is 568 g/mol. The highest BCUT2D eigenvalue weighted by molar-refractivity contribution is 7.92. The lowest BCUT2D eigenvalue weighted by Crippen LogP contribution is -2.22. The molecule has 0 aliphatic carbocycles. The predicted molar refractivity (Wildman–Crippen MR) is 138 cm³/mol. The van der Waals surface area contributed by atoms with Crippen molar-refractivity contribution >= 4 is 34.7 Å². The van der Waals surface area contributed by atoms with E-state index in [0.717, 1.165) is 23.1 Å². The molecule has 0 bridgehead atoms. The third-order valence-electron chi connectivity index (χ3n) is 5.61. The highest BCUT2D eigenvalue weighted by Gasteiger charge is 2.32. The molecule has 0 aliphatic heterocycles. The van der Waals surface area contributed by atoms with Gasteiger partial charge in [0.15, 0.2) is 5.82 Å². The first-order chi connectivity index (χ1) is 17.8. The largest absolute Gasteiger partial charge is 0.494 e. The van der Waals surface area contributed by atoms with Gasteiger partial charge >= 0.3 is 6.18 Å². The molecule has 0 atom stereocenters. The van der Waals surface area contributed by atoms with E-state index in [0.29, 0.717) is 23.7 Å². The first kappa shape index (κ1) is 27.6. The van der Waals surface area contributed by atoms with Gasteiger partial charge in [0.1, 0.15) is 23.1 Å². The molecule has 10 nitrogen and oxygen atoms in total. The van der Waals surface area contributed by atoms with E-state index in [-0.39, 0.29) is 28.9 Å². The molecule has 4 aromatic rings. The van der Waals surface area contributed by atoms with Gasteiger partial charge in [0, 0.05) is 32.5 Å². The van der Waals surface area contributed by atoms with Crippen molar-refractivity contribution in [3.05, 3.63) is 54.6 Å². The number of alkyl halides is 3. The van der Waals surface area contributed by atoms with Gasteiger partial charge in [-0.1, -0.05) is 19.6 Å². The van der Waals surface area contributed by atoms with Gasteiger partial charge < -0.3 is 9.47 Å². The van der Waals surface area contributed by atoms with Crippen molar-refractivity contribution in [1.82, 2.24) is 24.5 Å². The summed E-state index contributed by atoms with van der Waals surface area (Å²) in [7, 11) is -4.04. The molecule has 38 heavy (non-hydrogen) atoms. The molecule has 1 aromatic carbocycles. The van der Waals surface area contributed by atoms with E-state index < -0.39 is 29.8 Å². The van der Waals surface area contributed by atoms with Crippen LogP contribution in [0.4, 0.5) is 18.9 Å². The number of nitrogens with zero attached hydrogens (tertiary/aromatic N) is 5. The van der Waals surface area contributed by atoms with E-state index in [4.69, 9.17) is 9.47 Å². The minimum absolute atomic E-state index is 0.0210. The Morgan fingerprint density at radius 2 is 1.82 bits per heavy atom. The minimum atomic E-state index is -4.56. The van der Waals surface area contributed by atoms with Gasteiger partial charge in [-0.05, 0) is 30.3 Å². The summed E-state index contributed by atoms with van der Waals surface area (Å²) in [6.45, 7) is 7.41. The zero-order chi connectivity index (χ0) is 27.7. The van der Waals surface area contributed by atoms with Gasteiger partial charge in [-0.2, -0.15) is 23.4 Å². The Hall–Kier alpha value is -3.43. The molecular formula is C23H27F3N6O4SSi. The van der Waals surface area contributed by atoms with Crippen molar-refractivity contribution in [3.63, 3.8) is 0 Å². The molecular weight excluding hydrogens is 541 g/mol. The second kappa shape index (κ2) is 10.4. The van der Waals surface area contributed by atoms with Gasteiger partial charge in [0.05, 0.1) is 30.6 Å². The first-order valence-corrected chi connectivity index (χ1v) is 16.7. The number of pyridine rings is 1. The summed E-state index contributed by atoms with van der Waals surface area (Å²) in [6, 6.07) is 6.83. The first-order valence-electron chi connectivity index (χ1n) is 11.5. The van der Waals surface area contributed by atoms with Crippen LogP contribution in [0.1, 0.15) is 5.56 Å². The zero-order valence-electron chi connectivity index (χ0n) is 21.2. The summed E-state index contributed by atoms with van der Waals surface area (Å²) < 4.78 is 81.4. The van der Waals surface area contributed by atoms with E-state index in [1.807, 2.05) is 0 Å². The average molecular weight is 569 g/mol. The Morgan fingerprint density at radius 3 is 2.42 bits per heavy atom. The number of aromatic nitrogens is 5. The molecule has 15 heteroatoms. The number of halogens is 3. The number of methoxy groups -OCH3 is 1. The molecule has 0 saturated carbocycles. The fourth-order valence-electron chi connectivity index (χ4n) is 3.51. The van der Waals surface area contributed by atoms with Crippen molar-refractivity contribution < 1.29 is 31.1 Å².